The standard InChI is InChI=1S/C22H13ClFN5O/c23-15-7-4-8-16(24)19(15)21-26-12-18(27-21)14-9-10-17(25-11-14)20-28-22(30-29-20)13-5-2-1-3-6-13/h1-12H,(H,26,27). The summed E-state index contributed by atoms with van der Waals surface area (Å²) in [6.45, 7) is 0. The SMILES string of the molecule is Fc1cccc(Cl)c1-c1nc(-c2ccc(-c3noc(-c4ccccc4)n3)nc2)c[nH]1. The first-order chi connectivity index (χ1) is 14.7. The molecule has 5 aromatic rings. The number of benzene rings is 2. The van der Waals surface area contributed by atoms with Crippen molar-refractivity contribution in [2.75, 3.05) is 0 Å². The van der Waals surface area contributed by atoms with E-state index in [-0.39, 0.29) is 10.6 Å². The molecular weight excluding hydrogens is 405 g/mol. The summed E-state index contributed by atoms with van der Waals surface area (Å²) in [6.07, 6.45) is 3.33. The van der Waals surface area contributed by atoms with Crippen LogP contribution in [0.1, 0.15) is 0 Å². The number of nitrogens with one attached hydrogen (secondary N) is 1. The van der Waals surface area contributed by atoms with Gasteiger partial charge < -0.3 is 9.51 Å². The number of pyridine rings is 1. The van der Waals surface area contributed by atoms with E-state index in [0.29, 0.717) is 28.9 Å². The molecule has 0 saturated carbocycles. The first-order valence-corrected chi connectivity index (χ1v) is 9.42. The van der Waals surface area contributed by atoms with E-state index in [2.05, 4.69) is 25.1 Å². The summed E-state index contributed by atoms with van der Waals surface area (Å²) in [5.74, 6) is 0.725. The Kier molecular flexibility index (Phi) is 4.57. The fraction of sp³-hybridized carbons (Fsp3) is 0. The highest BCUT2D eigenvalue weighted by Crippen LogP contribution is 2.30. The zero-order valence-electron chi connectivity index (χ0n) is 15.4. The molecule has 0 atom stereocenters. The van der Waals surface area contributed by atoms with Crippen molar-refractivity contribution in [1.29, 1.82) is 0 Å². The molecule has 0 saturated heterocycles. The van der Waals surface area contributed by atoms with Crippen molar-refractivity contribution in [3.8, 4) is 45.6 Å². The van der Waals surface area contributed by atoms with E-state index in [1.807, 2.05) is 36.4 Å². The van der Waals surface area contributed by atoms with Crippen LogP contribution in [0, 0.1) is 5.82 Å². The molecule has 0 unspecified atom stereocenters. The summed E-state index contributed by atoms with van der Waals surface area (Å²) in [4.78, 5) is 16.2. The predicted octanol–water partition coefficient (Wildman–Crippen LogP) is 5.65. The number of halogens is 2. The summed E-state index contributed by atoms with van der Waals surface area (Å²) in [5, 5.41) is 4.29. The van der Waals surface area contributed by atoms with Crippen molar-refractivity contribution in [2.24, 2.45) is 0 Å². The third kappa shape index (κ3) is 3.35. The number of aromatic amines is 1. The molecule has 0 amide bonds. The van der Waals surface area contributed by atoms with Crippen LogP contribution in [0.15, 0.2) is 77.6 Å². The Hall–Kier alpha value is -3.84. The summed E-state index contributed by atoms with van der Waals surface area (Å²) in [5.41, 5.74) is 3.00. The molecule has 3 heterocycles. The van der Waals surface area contributed by atoms with Gasteiger partial charge in [0.15, 0.2) is 0 Å². The lowest BCUT2D eigenvalue weighted by molar-refractivity contribution is 0.432. The fourth-order valence-electron chi connectivity index (χ4n) is 3.02. The number of imidazole rings is 1. The van der Waals surface area contributed by atoms with Crippen molar-refractivity contribution in [3.63, 3.8) is 0 Å². The lowest BCUT2D eigenvalue weighted by atomic mass is 10.2. The van der Waals surface area contributed by atoms with Crippen molar-refractivity contribution in [2.45, 2.75) is 0 Å². The molecule has 5 rings (SSSR count). The van der Waals surface area contributed by atoms with Crippen molar-refractivity contribution in [1.82, 2.24) is 25.1 Å². The van der Waals surface area contributed by atoms with Crippen molar-refractivity contribution in [3.05, 3.63) is 83.9 Å². The van der Waals surface area contributed by atoms with E-state index in [4.69, 9.17) is 16.1 Å². The van der Waals surface area contributed by atoms with Gasteiger partial charge in [-0.15, -0.1) is 0 Å². The number of hydrogen-bond acceptors (Lipinski definition) is 5. The molecule has 0 spiro atoms. The average molecular weight is 418 g/mol. The fourth-order valence-corrected chi connectivity index (χ4v) is 3.28. The van der Waals surface area contributed by atoms with Gasteiger partial charge in [0, 0.05) is 23.5 Å². The lowest BCUT2D eigenvalue weighted by Gasteiger charge is -2.02. The monoisotopic (exact) mass is 417 g/mol. The molecule has 8 heteroatoms. The van der Waals surface area contributed by atoms with Crippen LogP contribution < -0.4 is 0 Å². The van der Waals surface area contributed by atoms with Crippen LogP contribution in [-0.2, 0) is 0 Å². The van der Waals surface area contributed by atoms with E-state index in [1.54, 1.807) is 30.6 Å². The van der Waals surface area contributed by atoms with Gasteiger partial charge in [-0.25, -0.2) is 9.37 Å². The maximum atomic E-state index is 14.1. The summed E-state index contributed by atoms with van der Waals surface area (Å²) in [7, 11) is 0. The van der Waals surface area contributed by atoms with E-state index >= 15 is 0 Å². The van der Waals surface area contributed by atoms with Crippen LogP contribution in [0.4, 0.5) is 4.39 Å². The number of nitrogens with zero attached hydrogens (tertiary/aromatic N) is 4. The Bertz CT molecular complexity index is 1290. The average Bonchev–Trinajstić information content (AvgIpc) is 3.45. The van der Waals surface area contributed by atoms with Crippen LogP contribution in [0.2, 0.25) is 5.02 Å². The molecule has 1 N–H and O–H groups in total. The van der Waals surface area contributed by atoms with Gasteiger partial charge in [0.25, 0.3) is 5.89 Å². The lowest BCUT2D eigenvalue weighted by Crippen LogP contribution is -1.89. The molecule has 6 nitrogen and oxygen atoms in total. The number of aromatic nitrogens is 5. The molecule has 0 radical (unpaired) electrons. The van der Waals surface area contributed by atoms with Gasteiger partial charge in [-0.3, -0.25) is 4.98 Å². The Morgan fingerprint density at radius 3 is 2.50 bits per heavy atom. The number of hydrogen-bond donors (Lipinski definition) is 1. The highest BCUT2D eigenvalue weighted by atomic mass is 35.5. The maximum Gasteiger partial charge on any atom is 0.258 e. The molecule has 3 aromatic heterocycles. The normalized spacial score (nSPS) is 11.0. The zero-order chi connectivity index (χ0) is 20.5. The zero-order valence-corrected chi connectivity index (χ0v) is 16.1. The van der Waals surface area contributed by atoms with Crippen LogP contribution >= 0.6 is 11.6 Å². The molecule has 0 aliphatic carbocycles. The summed E-state index contributed by atoms with van der Waals surface area (Å²) >= 11 is 6.12. The first-order valence-electron chi connectivity index (χ1n) is 9.05. The van der Waals surface area contributed by atoms with Gasteiger partial charge >= 0.3 is 0 Å². The van der Waals surface area contributed by atoms with Gasteiger partial charge in [0.2, 0.25) is 5.82 Å². The predicted molar refractivity (Wildman–Crippen MR) is 111 cm³/mol. The quantitative estimate of drug-likeness (QED) is 0.408. The number of rotatable bonds is 4. The third-order valence-corrected chi connectivity index (χ3v) is 4.83. The van der Waals surface area contributed by atoms with E-state index < -0.39 is 5.82 Å². The number of H-pyrrole nitrogens is 1. The largest absolute Gasteiger partial charge is 0.344 e. The molecule has 0 bridgehead atoms. The molecular formula is C22H13ClFN5O. The van der Waals surface area contributed by atoms with Gasteiger partial charge in [-0.05, 0) is 36.4 Å². The summed E-state index contributed by atoms with van der Waals surface area (Å²) in [6, 6.07) is 17.6. The second-order valence-electron chi connectivity index (χ2n) is 6.45. The van der Waals surface area contributed by atoms with Crippen LogP contribution in [0.25, 0.3) is 45.6 Å². The second-order valence-corrected chi connectivity index (χ2v) is 6.86. The molecule has 30 heavy (non-hydrogen) atoms. The maximum absolute atomic E-state index is 14.1. The third-order valence-electron chi connectivity index (χ3n) is 4.51. The van der Waals surface area contributed by atoms with E-state index in [0.717, 1.165) is 11.1 Å². The minimum atomic E-state index is -0.441. The van der Waals surface area contributed by atoms with Gasteiger partial charge in [-0.1, -0.05) is 41.0 Å². The Balaban J connectivity index is 1.41. The van der Waals surface area contributed by atoms with Crippen LogP contribution in [0.3, 0.4) is 0 Å². The van der Waals surface area contributed by atoms with Crippen LogP contribution in [-0.4, -0.2) is 25.1 Å². The van der Waals surface area contributed by atoms with Crippen LogP contribution in [0.5, 0.6) is 0 Å². The Morgan fingerprint density at radius 1 is 0.867 bits per heavy atom. The molecule has 146 valence electrons. The van der Waals surface area contributed by atoms with E-state index in [1.165, 1.54) is 6.07 Å². The molecule has 0 aliphatic rings. The molecule has 0 fully saturated rings. The topological polar surface area (TPSA) is 80.5 Å². The molecule has 2 aromatic carbocycles. The Morgan fingerprint density at radius 2 is 1.73 bits per heavy atom. The van der Waals surface area contributed by atoms with Crippen molar-refractivity contribution < 1.29 is 8.91 Å². The van der Waals surface area contributed by atoms with Gasteiger partial charge in [0.1, 0.15) is 17.3 Å². The minimum Gasteiger partial charge on any atom is -0.344 e. The second kappa shape index (κ2) is 7.53. The Labute approximate surface area is 175 Å². The van der Waals surface area contributed by atoms with Gasteiger partial charge in [0.05, 0.1) is 16.3 Å². The van der Waals surface area contributed by atoms with E-state index in [9.17, 15) is 4.39 Å². The highest BCUT2D eigenvalue weighted by Gasteiger charge is 2.15. The molecule has 0 aliphatic heterocycles. The summed E-state index contributed by atoms with van der Waals surface area (Å²) < 4.78 is 19.5. The minimum absolute atomic E-state index is 0.232. The first kappa shape index (κ1) is 18.2. The van der Waals surface area contributed by atoms with Crippen molar-refractivity contribution >= 4 is 11.6 Å². The highest BCUT2D eigenvalue weighted by molar-refractivity contribution is 6.33. The van der Waals surface area contributed by atoms with Gasteiger partial charge in [-0.2, -0.15) is 4.98 Å². The smallest absolute Gasteiger partial charge is 0.258 e.